The van der Waals surface area contributed by atoms with Gasteiger partial charge in [-0.25, -0.2) is 0 Å². The van der Waals surface area contributed by atoms with E-state index in [1.807, 2.05) is 31.2 Å². The molecule has 0 atom stereocenters. The van der Waals surface area contributed by atoms with Crippen LogP contribution < -0.4 is 10.1 Å². The summed E-state index contributed by atoms with van der Waals surface area (Å²) in [6.07, 6.45) is 2.51. The van der Waals surface area contributed by atoms with Crippen molar-refractivity contribution in [3.63, 3.8) is 0 Å². The van der Waals surface area contributed by atoms with Gasteiger partial charge >= 0.3 is 0 Å². The summed E-state index contributed by atoms with van der Waals surface area (Å²) in [5.41, 5.74) is 0.755. The molecular formula is C13H19NO2. The number of anilines is 1. The van der Waals surface area contributed by atoms with Crippen molar-refractivity contribution in [2.24, 2.45) is 0 Å². The van der Waals surface area contributed by atoms with Crippen molar-refractivity contribution < 1.29 is 9.53 Å². The third kappa shape index (κ3) is 3.93. The maximum Gasteiger partial charge on any atom is 0.224 e. The molecule has 0 fully saturated rings. The predicted molar refractivity (Wildman–Crippen MR) is 65.8 cm³/mol. The molecule has 88 valence electrons. The van der Waals surface area contributed by atoms with E-state index in [0.29, 0.717) is 13.0 Å². The fourth-order valence-electron chi connectivity index (χ4n) is 1.40. The Hall–Kier alpha value is -1.51. The van der Waals surface area contributed by atoms with E-state index in [1.54, 1.807) is 0 Å². The van der Waals surface area contributed by atoms with Crippen LogP contribution in [-0.2, 0) is 4.79 Å². The second-order valence-electron chi connectivity index (χ2n) is 3.58. The van der Waals surface area contributed by atoms with E-state index in [2.05, 4.69) is 12.2 Å². The first-order valence-electron chi connectivity index (χ1n) is 5.79. The molecule has 0 saturated heterocycles. The predicted octanol–water partition coefficient (Wildman–Crippen LogP) is 3.21. The largest absolute Gasteiger partial charge is 0.492 e. The number of para-hydroxylation sites is 2. The standard InChI is InChI=1S/C13H19NO2/c1-3-5-10-13(15)14-11-8-6-7-9-12(11)16-4-2/h6-9H,3-5,10H2,1-2H3,(H,14,15). The summed E-state index contributed by atoms with van der Waals surface area (Å²) in [6.45, 7) is 4.60. The lowest BCUT2D eigenvalue weighted by Gasteiger charge is -2.10. The van der Waals surface area contributed by atoms with Crippen molar-refractivity contribution in [3.05, 3.63) is 24.3 Å². The maximum absolute atomic E-state index is 11.6. The fraction of sp³-hybridized carbons (Fsp3) is 0.462. The first-order chi connectivity index (χ1) is 7.77. The van der Waals surface area contributed by atoms with E-state index in [1.165, 1.54) is 0 Å². The lowest BCUT2D eigenvalue weighted by atomic mass is 10.2. The van der Waals surface area contributed by atoms with Gasteiger partial charge in [-0.05, 0) is 25.5 Å². The van der Waals surface area contributed by atoms with E-state index in [4.69, 9.17) is 4.74 Å². The number of hydrogen-bond acceptors (Lipinski definition) is 2. The second-order valence-corrected chi connectivity index (χ2v) is 3.58. The van der Waals surface area contributed by atoms with Crippen molar-refractivity contribution in [1.82, 2.24) is 0 Å². The number of ether oxygens (including phenoxy) is 1. The second kappa shape index (κ2) is 6.88. The Bertz CT molecular complexity index is 336. The number of unbranched alkanes of at least 4 members (excludes halogenated alkanes) is 1. The van der Waals surface area contributed by atoms with E-state index in [9.17, 15) is 4.79 Å². The number of carbonyl (C=O) groups excluding carboxylic acids is 1. The Balaban J connectivity index is 2.61. The van der Waals surface area contributed by atoms with Crippen molar-refractivity contribution in [2.45, 2.75) is 33.1 Å². The molecule has 1 aromatic rings. The van der Waals surface area contributed by atoms with Crippen LogP contribution in [0.15, 0.2) is 24.3 Å². The molecular weight excluding hydrogens is 202 g/mol. The highest BCUT2D eigenvalue weighted by Gasteiger charge is 2.06. The fourth-order valence-corrected chi connectivity index (χ4v) is 1.40. The van der Waals surface area contributed by atoms with Crippen molar-refractivity contribution >= 4 is 11.6 Å². The Kier molecular flexibility index (Phi) is 5.40. The summed E-state index contributed by atoms with van der Waals surface area (Å²) in [7, 11) is 0. The maximum atomic E-state index is 11.6. The number of amides is 1. The summed E-state index contributed by atoms with van der Waals surface area (Å²) in [4.78, 5) is 11.6. The molecule has 0 spiro atoms. The third-order valence-electron chi connectivity index (χ3n) is 2.22. The first-order valence-corrected chi connectivity index (χ1v) is 5.79. The number of carbonyl (C=O) groups is 1. The molecule has 0 radical (unpaired) electrons. The molecule has 1 amide bonds. The minimum atomic E-state index is 0.0500. The third-order valence-corrected chi connectivity index (χ3v) is 2.22. The minimum absolute atomic E-state index is 0.0500. The van der Waals surface area contributed by atoms with Crippen molar-refractivity contribution in [2.75, 3.05) is 11.9 Å². The van der Waals surface area contributed by atoms with E-state index < -0.39 is 0 Å². The topological polar surface area (TPSA) is 38.3 Å². The summed E-state index contributed by atoms with van der Waals surface area (Å²) in [6, 6.07) is 7.50. The van der Waals surface area contributed by atoms with Gasteiger partial charge in [-0.3, -0.25) is 4.79 Å². The van der Waals surface area contributed by atoms with Crippen LogP contribution in [0, 0.1) is 0 Å². The highest BCUT2D eigenvalue weighted by Crippen LogP contribution is 2.23. The number of nitrogens with one attached hydrogen (secondary N) is 1. The molecule has 0 unspecified atom stereocenters. The van der Waals surface area contributed by atoms with Gasteiger partial charge in [-0.15, -0.1) is 0 Å². The lowest BCUT2D eigenvalue weighted by molar-refractivity contribution is -0.116. The van der Waals surface area contributed by atoms with Crippen molar-refractivity contribution in [1.29, 1.82) is 0 Å². The van der Waals surface area contributed by atoms with Gasteiger partial charge in [0.05, 0.1) is 12.3 Å². The first kappa shape index (κ1) is 12.6. The smallest absolute Gasteiger partial charge is 0.224 e. The van der Waals surface area contributed by atoms with Gasteiger partial charge in [0.15, 0.2) is 0 Å². The van der Waals surface area contributed by atoms with Crippen LogP contribution in [0.5, 0.6) is 5.75 Å². The summed E-state index contributed by atoms with van der Waals surface area (Å²) in [5.74, 6) is 0.781. The number of rotatable bonds is 6. The van der Waals surface area contributed by atoms with Crippen LogP contribution in [0.1, 0.15) is 33.1 Å². The number of benzene rings is 1. The molecule has 16 heavy (non-hydrogen) atoms. The quantitative estimate of drug-likeness (QED) is 0.801. The van der Waals surface area contributed by atoms with Crippen LogP contribution in [0.2, 0.25) is 0 Å². The van der Waals surface area contributed by atoms with Gasteiger partial charge in [0.1, 0.15) is 5.75 Å². The minimum Gasteiger partial charge on any atom is -0.492 e. The molecule has 0 aromatic heterocycles. The molecule has 0 saturated carbocycles. The van der Waals surface area contributed by atoms with Gasteiger partial charge in [0, 0.05) is 6.42 Å². The van der Waals surface area contributed by atoms with Gasteiger partial charge in [-0.1, -0.05) is 25.5 Å². The van der Waals surface area contributed by atoms with Crippen LogP contribution in [0.3, 0.4) is 0 Å². The molecule has 0 bridgehead atoms. The molecule has 3 nitrogen and oxygen atoms in total. The van der Waals surface area contributed by atoms with E-state index in [0.717, 1.165) is 24.3 Å². The monoisotopic (exact) mass is 221 g/mol. The average molecular weight is 221 g/mol. The normalized spacial score (nSPS) is 9.88. The highest BCUT2D eigenvalue weighted by molar-refractivity contribution is 5.92. The average Bonchev–Trinajstić information content (AvgIpc) is 2.29. The van der Waals surface area contributed by atoms with Crippen molar-refractivity contribution in [3.8, 4) is 5.75 Å². The summed E-state index contributed by atoms with van der Waals surface area (Å²) in [5, 5.41) is 2.87. The molecule has 0 heterocycles. The van der Waals surface area contributed by atoms with E-state index in [-0.39, 0.29) is 5.91 Å². The van der Waals surface area contributed by atoms with E-state index >= 15 is 0 Å². The Morgan fingerprint density at radius 3 is 2.75 bits per heavy atom. The SMILES string of the molecule is CCCCC(=O)Nc1ccccc1OCC. The molecule has 1 rings (SSSR count). The Morgan fingerprint density at radius 1 is 1.31 bits per heavy atom. The molecule has 1 N–H and O–H groups in total. The molecule has 3 heteroatoms. The molecule has 1 aromatic carbocycles. The molecule has 0 aliphatic heterocycles. The van der Waals surface area contributed by atoms with Gasteiger partial charge in [-0.2, -0.15) is 0 Å². The van der Waals surface area contributed by atoms with Gasteiger partial charge < -0.3 is 10.1 Å². The highest BCUT2D eigenvalue weighted by atomic mass is 16.5. The lowest BCUT2D eigenvalue weighted by Crippen LogP contribution is -2.12. The van der Waals surface area contributed by atoms with Crippen LogP contribution in [-0.4, -0.2) is 12.5 Å². The summed E-state index contributed by atoms with van der Waals surface area (Å²) >= 11 is 0. The zero-order valence-corrected chi connectivity index (χ0v) is 9.95. The van der Waals surface area contributed by atoms with Crippen LogP contribution >= 0.6 is 0 Å². The van der Waals surface area contributed by atoms with Crippen LogP contribution in [0.4, 0.5) is 5.69 Å². The van der Waals surface area contributed by atoms with Gasteiger partial charge in [0.25, 0.3) is 0 Å². The molecule has 0 aliphatic carbocycles. The summed E-state index contributed by atoms with van der Waals surface area (Å²) < 4.78 is 5.43. The Morgan fingerprint density at radius 2 is 2.06 bits per heavy atom. The zero-order chi connectivity index (χ0) is 11.8. The molecule has 0 aliphatic rings. The van der Waals surface area contributed by atoms with Gasteiger partial charge in [0.2, 0.25) is 5.91 Å². The number of hydrogen-bond donors (Lipinski definition) is 1. The Labute approximate surface area is 96.8 Å². The zero-order valence-electron chi connectivity index (χ0n) is 9.95. The van der Waals surface area contributed by atoms with Crippen LogP contribution in [0.25, 0.3) is 0 Å².